The van der Waals surface area contributed by atoms with Gasteiger partial charge in [0.2, 0.25) is 0 Å². The van der Waals surface area contributed by atoms with Gasteiger partial charge in [-0.15, -0.1) is 0 Å². The van der Waals surface area contributed by atoms with E-state index in [1.807, 2.05) is 6.26 Å². The van der Waals surface area contributed by atoms with E-state index in [2.05, 4.69) is 13.8 Å². The zero-order valence-corrected chi connectivity index (χ0v) is 9.90. The molecule has 1 fully saturated rings. The van der Waals surface area contributed by atoms with E-state index < -0.39 is 10.8 Å². The van der Waals surface area contributed by atoms with E-state index in [4.69, 9.17) is 0 Å². The smallest absolute Gasteiger partial charge is 0.0234 e. The van der Waals surface area contributed by atoms with Crippen LogP contribution in [0.5, 0.6) is 0 Å². The first kappa shape index (κ1) is 11.2. The second-order valence-electron chi connectivity index (χ2n) is 4.70. The van der Waals surface area contributed by atoms with Gasteiger partial charge in [0.1, 0.15) is 0 Å². The topological polar surface area (TPSA) is 17.1 Å². The van der Waals surface area contributed by atoms with E-state index in [0.717, 1.165) is 23.5 Å². The van der Waals surface area contributed by atoms with Crippen LogP contribution in [0, 0.1) is 17.8 Å². The Kier molecular flexibility index (Phi) is 4.43. The Bertz CT molecular complexity index is 179. The first-order valence-corrected chi connectivity index (χ1v) is 7.12. The van der Waals surface area contributed by atoms with Crippen LogP contribution in [-0.4, -0.2) is 16.2 Å². The van der Waals surface area contributed by atoms with Crippen LogP contribution in [0.1, 0.15) is 39.5 Å². The molecule has 0 aliphatic heterocycles. The third-order valence-corrected chi connectivity index (χ3v) is 4.33. The normalized spacial score (nSPS) is 37.3. The average Bonchev–Trinajstić information content (AvgIpc) is 2.07. The predicted molar refractivity (Wildman–Crippen MR) is 59.2 cm³/mol. The zero-order valence-electron chi connectivity index (χ0n) is 9.08. The van der Waals surface area contributed by atoms with Crippen LogP contribution >= 0.6 is 0 Å². The van der Waals surface area contributed by atoms with Crippen molar-refractivity contribution in [2.45, 2.75) is 39.5 Å². The van der Waals surface area contributed by atoms with Gasteiger partial charge in [0.25, 0.3) is 0 Å². The Hall–Kier alpha value is 0.150. The molecule has 0 saturated heterocycles. The standard InChI is InChI=1S/C11H22OS/c1-9-4-5-11(8-10(9)2)6-7-13(3)12/h9-11H,4-8H2,1-3H3. The molecule has 1 aliphatic carbocycles. The summed E-state index contributed by atoms with van der Waals surface area (Å²) in [6, 6.07) is 0. The Labute approximate surface area is 84.8 Å². The first-order chi connectivity index (χ1) is 6.09. The average molecular weight is 202 g/mol. The van der Waals surface area contributed by atoms with Gasteiger partial charge in [-0.05, 0) is 30.6 Å². The van der Waals surface area contributed by atoms with E-state index >= 15 is 0 Å². The van der Waals surface area contributed by atoms with E-state index in [1.54, 1.807) is 0 Å². The summed E-state index contributed by atoms with van der Waals surface area (Å²) in [6.07, 6.45) is 7.10. The van der Waals surface area contributed by atoms with Gasteiger partial charge < -0.3 is 0 Å². The molecule has 0 aromatic heterocycles. The van der Waals surface area contributed by atoms with Gasteiger partial charge in [-0.2, -0.15) is 0 Å². The van der Waals surface area contributed by atoms with Crippen LogP contribution in [-0.2, 0) is 10.8 Å². The molecule has 0 heterocycles. The molecule has 4 unspecified atom stereocenters. The fourth-order valence-electron chi connectivity index (χ4n) is 2.25. The molecular formula is C11H22OS. The van der Waals surface area contributed by atoms with Gasteiger partial charge in [0.05, 0.1) is 0 Å². The Morgan fingerprint density at radius 1 is 1.23 bits per heavy atom. The van der Waals surface area contributed by atoms with E-state index in [1.165, 1.54) is 25.7 Å². The third kappa shape index (κ3) is 3.80. The number of hydrogen-bond donors (Lipinski definition) is 0. The molecule has 1 saturated carbocycles. The summed E-state index contributed by atoms with van der Waals surface area (Å²) in [6.45, 7) is 4.72. The summed E-state index contributed by atoms with van der Waals surface area (Å²) in [7, 11) is -0.587. The van der Waals surface area contributed by atoms with Crippen LogP contribution in [0.3, 0.4) is 0 Å². The van der Waals surface area contributed by atoms with E-state index in [-0.39, 0.29) is 0 Å². The molecule has 2 heteroatoms. The van der Waals surface area contributed by atoms with Crippen molar-refractivity contribution in [1.29, 1.82) is 0 Å². The molecule has 0 radical (unpaired) electrons. The summed E-state index contributed by atoms with van der Waals surface area (Å²) < 4.78 is 10.9. The summed E-state index contributed by atoms with van der Waals surface area (Å²) in [5.74, 6) is 3.55. The molecule has 1 rings (SSSR count). The summed E-state index contributed by atoms with van der Waals surface area (Å²) >= 11 is 0. The fraction of sp³-hybridized carbons (Fsp3) is 1.00. The lowest BCUT2D eigenvalue weighted by Gasteiger charge is -2.31. The molecule has 4 atom stereocenters. The van der Waals surface area contributed by atoms with Crippen LogP contribution in [0.2, 0.25) is 0 Å². The lowest BCUT2D eigenvalue weighted by Crippen LogP contribution is -2.21. The van der Waals surface area contributed by atoms with Gasteiger partial charge in [-0.3, -0.25) is 4.21 Å². The minimum absolute atomic E-state index is 0.587. The predicted octanol–water partition coefficient (Wildman–Crippen LogP) is 2.83. The molecule has 78 valence electrons. The van der Waals surface area contributed by atoms with Gasteiger partial charge in [-0.25, -0.2) is 0 Å². The van der Waals surface area contributed by atoms with Crippen molar-refractivity contribution < 1.29 is 4.21 Å². The third-order valence-electron chi connectivity index (χ3n) is 3.52. The molecule has 0 spiro atoms. The number of hydrogen-bond acceptors (Lipinski definition) is 1. The highest BCUT2D eigenvalue weighted by Gasteiger charge is 2.24. The van der Waals surface area contributed by atoms with Crippen LogP contribution < -0.4 is 0 Å². The largest absolute Gasteiger partial charge is 0.260 e. The quantitative estimate of drug-likeness (QED) is 0.688. The second-order valence-corrected chi connectivity index (χ2v) is 6.25. The Morgan fingerprint density at radius 2 is 1.92 bits per heavy atom. The summed E-state index contributed by atoms with van der Waals surface area (Å²) in [4.78, 5) is 0. The molecule has 0 bridgehead atoms. The van der Waals surface area contributed by atoms with Crippen molar-refractivity contribution >= 4 is 10.8 Å². The molecule has 0 aromatic carbocycles. The molecule has 1 nitrogen and oxygen atoms in total. The lowest BCUT2D eigenvalue weighted by molar-refractivity contribution is 0.205. The maximum absolute atomic E-state index is 10.9. The monoisotopic (exact) mass is 202 g/mol. The molecule has 0 aromatic rings. The van der Waals surface area contributed by atoms with Gasteiger partial charge in [0.15, 0.2) is 0 Å². The molecule has 0 amide bonds. The molecule has 13 heavy (non-hydrogen) atoms. The SMILES string of the molecule is CC1CCC(CCS(C)=O)CC1C. The summed E-state index contributed by atoms with van der Waals surface area (Å²) in [5, 5.41) is 0. The molecule has 0 N–H and O–H groups in total. The lowest BCUT2D eigenvalue weighted by atomic mass is 9.75. The molecule has 1 aliphatic rings. The molecular weight excluding hydrogens is 180 g/mol. The van der Waals surface area contributed by atoms with Crippen LogP contribution in [0.25, 0.3) is 0 Å². The highest BCUT2D eigenvalue weighted by atomic mass is 32.2. The van der Waals surface area contributed by atoms with Crippen molar-refractivity contribution in [1.82, 2.24) is 0 Å². The van der Waals surface area contributed by atoms with Crippen molar-refractivity contribution in [3.05, 3.63) is 0 Å². The number of rotatable bonds is 3. The highest BCUT2D eigenvalue weighted by molar-refractivity contribution is 7.84. The van der Waals surface area contributed by atoms with E-state index in [0.29, 0.717) is 0 Å². The van der Waals surface area contributed by atoms with Crippen LogP contribution in [0.4, 0.5) is 0 Å². The van der Waals surface area contributed by atoms with E-state index in [9.17, 15) is 4.21 Å². The van der Waals surface area contributed by atoms with Crippen molar-refractivity contribution in [2.24, 2.45) is 17.8 Å². The fourth-order valence-corrected chi connectivity index (χ4v) is 2.92. The van der Waals surface area contributed by atoms with Crippen molar-refractivity contribution in [3.63, 3.8) is 0 Å². The first-order valence-electron chi connectivity index (χ1n) is 5.39. The Morgan fingerprint density at radius 3 is 2.46 bits per heavy atom. The van der Waals surface area contributed by atoms with Crippen molar-refractivity contribution in [3.8, 4) is 0 Å². The van der Waals surface area contributed by atoms with Crippen LogP contribution in [0.15, 0.2) is 0 Å². The maximum atomic E-state index is 10.9. The zero-order chi connectivity index (χ0) is 9.84. The highest BCUT2D eigenvalue weighted by Crippen LogP contribution is 2.34. The van der Waals surface area contributed by atoms with Gasteiger partial charge in [-0.1, -0.05) is 26.7 Å². The minimum Gasteiger partial charge on any atom is -0.260 e. The minimum atomic E-state index is -0.587. The van der Waals surface area contributed by atoms with Gasteiger partial charge in [0, 0.05) is 22.8 Å². The maximum Gasteiger partial charge on any atom is 0.0234 e. The van der Waals surface area contributed by atoms with Crippen molar-refractivity contribution in [2.75, 3.05) is 12.0 Å². The summed E-state index contributed by atoms with van der Waals surface area (Å²) in [5.41, 5.74) is 0. The Balaban J connectivity index is 2.25. The second kappa shape index (κ2) is 5.14. The van der Waals surface area contributed by atoms with Gasteiger partial charge >= 0.3 is 0 Å².